The maximum Gasteiger partial charge on any atom is 0.329 e. The number of hydrogen-bond acceptors (Lipinski definition) is 8. The van der Waals surface area contributed by atoms with E-state index in [-0.39, 0.29) is 19.1 Å². The highest BCUT2D eigenvalue weighted by molar-refractivity contribution is 14.1. The molecule has 0 spiro atoms. The van der Waals surface area contributed by atoms with Crippen molar-refractivity contribution in [1.29, 1.82) is 0 Å². The summed E-state index contributed by atoms with van der Waals surface area (Å²) in [4.78, 5) is 36.7. The first-order valence-corrected chi connectivity index (χ1v) is 14.1. The quantitative estimate of drug-likeness (QED) is 0.108. The van der Waals surface area contributed by atoms with Crippen molar-refractivity contribution in [2.45, 2.75) is 19.8 Å². The van der Waals surface area contributed by atoms with Crippen LogP contribution in [0.5, 0.6) is 23.0 Å². The molecule has 0 aliphatic carbocycles. The Morgan fingerprint density at radius 2 is 1.55 bits per heavy atom. The fourth-order valence-electron chi connectivity index (χ4n) is 3.77. The van der Waals surface area contributed by atoms with Crippen LogP contribution in [0, 0.1) is 3.57 Å². The van der Waals surface area contributed by atoms with Gasteiger partial charge in [0.25, 0.3) is 5.91 Å². The predicted molar refractivity (Wildman–Crippen MR) is 168 cm³/mol. The van der Waals surface area contributed by atoms with Crippen molar-refractivity contribution in [3.8, 4) is 23.0 Å². The molecule has 0 bridgehead atoms. The second kappa shape index (κ2) is 16.2. The number of hydrogen-bond donors (Lipinski definition) is 3. The summed E-state index contributed by atoms with van der Waals surface area (Å²) in [5.74, 6) is -0.0784. The number of nitrogens with one attached hydrogen (secondary N) is 3. The highest BCUT2D eigenvalue weighted by Gasteiger charge is 2.15. The SMILES string of the molecule is CCc1ccc(NC(=O)COc2c(I)cc(/C=N\NC(=O)C(=O)NCCc3ccc(OC)c(OC)c3)cc2OC)cc1. The molecule has 3 aromatic rings. The smallest absolute Gasteiger partial charge is 0.329 e. The summed E-state index contributed by atoms with van der Waals surface area (Å²) >= 11 is 2.05. The average Bonchev–Trinajstić information content (AvgIpc) is 3.00. The van der Waals surface area contributed by atoms with E-state index >= 15 is 0 Å². The molecule has 0 heterocycles. The van der Waals surface area contributed by atoms with Gasteiger partial charge in [-0.3, -0.25) is 14.4 Å². The highest BCUT2D eigenvalue weighted by atomic mass is 127. The Morgan fingerprint density at radius 3 is 2.21 bits per heavy atom. The molecule has 3 amide bonds. The van der Waals surface area contributed by atoms with Crippen LogP contribution in [0.1, 0.15) is 23.6 Å². The second-order valence-corrected chi connectivity index (χ2v) is 9.98. The minimum Gasteiger partial charge on any atom is -0.493 e. The molecule has 12 heteroatoms. The van der Waals surface area contributed by atoms with Gasteiger partial charge >= 0.3 is 11.8 Å². The van der Waals surface area contributed by atoms with Gasteiger partial charge in [-0.05, 0) is 88.5 Å². The lowest BCUT2D eigenvalue weighted by molar-refractivity contribution is -0.139. The summed E-state index contributed by atoms with van der Waals surface area (Å²) in [7, 11) is 4.57. The van der Waals surface area contributed by atoms with Gasteiger partial charge in [0.15, 0.2) is 29.6 Å². The first-order chi connectivity index (χ1) is 20.3. The lowest BCUT2D eigenvalue weighted by Crippen LogP contribution is -2.38. The number of ether oxygens (including phenoxy) is 4. The van der Waals surface area contributed by atoms with Gasteiger partial charge in [0, 0.05) is 12.2 Å². The van der Waals surface area contributed by atoms with Gasteiger partial charge in [-0.2, -0.15) is 5.10 Å². The molecule has 3 N–H and O–H groups in total. The van der Waals surface area contributed by atoms with E-state index in [0.29, 0.717) is 44.2 Å². The van der Waals surface area contributed by atoms with E-state index < -0.39 is 11.8 Å². The number of rotatable bonds is 13. The van der Waals surface area contributed by atoms with Crippen molar-refractivity contribution in [3.05, 3.63) is 74.9 Å². The maximum atomic E-state index is 12.4. The van der Waals surface area contributed by atoms with Gasteiger partial charge < -0.3 is 29.6 Å². The van der Waals surface area contributed by atoms with Crippen LogP contribution in [0.15, 0.2) is 59.7 Å². The third kappa shape index (κ3) is 9.36. The number of carbonyl (C=O) groups excluding carboxylic acids is 3. The lowest BCUT2D eigenvalue weighted by Gasteiger charge is -2.13. The summed E-state index contributed by atoms with van der Waals surface area (Å²) in [6, 6.07) is 16.4. The number of halogens is 1. The van der Waals surface area contributed by atoms with Gasteiger partial charge in [-0.15, -0.1) is 0 Å². The number of methoxy groups -OCH3 is 3. The van der Waals surface area contributed by atoms with Crippen LogP contribution in [0.2, 0.25) is 0 Å². The van der Waals surface area contributed by atoms with Gasteiger partial charge in [0.05, 0.1) is 31.1 Å². The van der Waals surface area contributed by atoms with Crippen molar-refractivity contribution >= 4 is 52.2 Å². The Balaban J connectivity index is 1.49. The van der Waals surface area contributed by atoms with Gasteiger partial charge in [0.2, 0.25) is 0 Å². The summed E-state index contributed by atoms with van der Waals surface area (Å²) in [5, 5.41) is 9.23. The van der Waals surface area contributed by atoms with Crippen molar-refractivity contribution in [2.75, 3.05) is 39.8 Å². The molecule has 0 aromatic heterocycles. The summed E-state index contributed by atoms with van der Waals surface area (Å²) in [6.07, 6.45) is 2.78. The number of nitrogens with zero attached hydrogens (tertiary/aromatic N) is 1. The van der Waals surface area contributed by atoms with Crippen molar-refractivity contribution < 1.29 is 33.3 Å². The molecule has 3 rings (SSSR count). The molecule has 0 unspecified atom stereocenters. The molecule has 0 aliphatic heterocycles. The molecule has 42 heavy (non-hydrogen) atoms. The minimum absolute atomic E-state index is 0.216. The van der Waals surface area contributed by atoms with E-state index in [0.717, 1.165) is 12.0 Å². The molecule has 3 aromatic carbocycles. The first kappa shape index (κ1) is 32.2. The molecule has 0 saturated carbocycles. The number of carbonyl (C=O) groups is 3. The van der Waals surface area contributed by atoms with Crippen molar-refractivity contribution in [1.82, 2.24) is 10.7 Å². The predicted octanol–water partition coefficient (Wildman–Crippen LogP) is 3.71. The zero-order chi connectivity index (χ0) is 30.5. The van der Waals surface area contributed by atoms with Crippen molar-refractivity contribution in [3.63, 3.8) is 0 Å². The number of benzene rings is 3. The molecule has 0 saturated heterocycles. The van der Waals surface area contributed by atoms with Crippen LogP contribution in [-0.2, 0) is 27.2 Å². The molecule has 11 nitrogen and oxygen atoms in total. The molecular weight excluding hydrogens is 655 g/mol. The molecular formula is C30H33IN4O7. The maximum absolute atomic E-state index is 12.4. The van der Waals surface area contributed by atoms with Crippen molar-refractivity contribution in [2.24, 2.45) is 5.10 Å². The Morgan fingerprint density at radius 1 is 0.857 bits per heavy atom. The summed E-state index contributed by atoms with van der Waals surface area (Å²) in [6.45, 7) is 2.09. The summed E-state index contributed by atoms with van der Waals surface area (Å²) < 4.78 is 22.3. The lowest BCUT2D eigenvalue weighted by atomic mass is 10.1. The van der Waals surface area contributed by atoms with Crippen LogP contribution in [0.25, 0.3) is 0 Å². The normalized spacial score (nSPS) is 10.6. The van der Waals surface area contributed by atoms with E-state index in [1.54, 1.807) is 32.4 Å². The standard InChI is InChI=1S/C30H33IN4O7/c1-5-19-6-9-22(10-7-19)34-27(36)18-42-28-23(31)14-21(16-26(28)41-4)17-33-35-30(38)29(37)32-13-12-20-8-11-24(39-2)25(15-20)40-3/h6-11,14-17H,5,12-13,18H2,1-4H3,(H,32,37)(H,34,36)(H,35,38)/b33-17-. The van der Waals surface area contributed by atoms with Crippen LogP contribution in [0.3, 0.4) is 0 Å². The largest absolute Gasteiger partial charge is 0.493 e. The Hall–Kier alpha value is -4.33. The Kier molecular flexibility index (Phi) is 12.4. The van der Waals surface area contributed by atoms with E-state index in [2.05, 4.69) is 50.7 Å². The number of aryl methyl sites for hydroxylation is 1. The molecule has 0 fully saturated rings. The number of anilines is 1. The molecule has 0 radical (unpaired) electrons. The van der Waals surface area contributed by atoms with Crippen LogP contribution in [-0.4, -0.2) is 58.4 Å². The fourth-order valence-corrected chi connectivity index (χ4v) is 4.55. The van der Waals surface area contributed by atoms with Gasteiger partial charge in [-0.1, -0.05) is 25.1 Å². The monoisotopic (exact) mass is 688 g/mol. The van der Waals surface area contributed by atoms with E-state index in [1.807, 2.05) is 36.4 Å². The molecule has 0 atom stereocenters. The molecule has 222 valence electrons. The summed E-state index contributed by atoms with van der Waals surface area (Å²) in [5.41, 5.74) is 5.56. The third-order valence-electron chi connectivity index (χ3n) is 5.98. The zero-order valence-corrected chi connectivity index (χ0v) is 25.9. The first-order valence-electron chi connectivity index (χ1n) is 13.0. The van der Waals surface area contributed by atoms with E-state index in [1.165, 1.54) is 18.9 Å². The van der Waals surface area contributed by atoms with E-state index in [4.69, 9.17) is 18.9 Å². The molecule has 0 aliphatic rings. The Bertz CT molecular complexity index is 1430. The fraction of sp³-hybridized carbons (Fsp3) is 0.267. The van der Waals surface area contributed by atoms with Gasteiger partial charge in [0.1, 0.15) is 0 Å². The topological polar surface area (TPSA) is 137 Å². The number of amides is 3. The second-order valence-electron chi connectivity index (χ2n) is 8.82. The number of hydrazone groups is 1. The highest BCUT2D eigenvalue weighted by Crippen LogP contribution is 2.33. The van der Waals surface area contributed by atoms with Crippen LogP contribution < -0.4 is 35.0 Å². The average molecular weight is 689 g/mol. The zero-order valence-electron chi connectivity index (χ0n) is 23.8. The van der Waals surface area contributed by atoms with Crippen LogP contribution in [0.4, 0.5) is 5.69 Å². The Labute approximate surface area is 258 Å². The minimum atomic E-state index is -0.907. The third-order valence-corrected chi connectivity index (χ3v) is 6.78. The van der Waals surface area contributed by atoms with Gasteiger partial charge in [-0.25, -0.2) is 5.43 Å². The van der Waals surface area contributed by atoms with Crippen LogP contribution >= 0.6 is 22.6 Å². The van der Waals surface area contributed by atoms with E-state index in [9.17, 15) is 14.4 Å².